The lowest BCUT2D eigenvalue weighted by molar-refractivity contribution is -0.131. The van der Waals surface area contributed by atoms with Crippen LogP contribution in [0.4, 0.5) is 8.78 Å². The second-order valence-corrected chi connectivity index (χ2v) is 13.3. The maximum absolute atomic E-state index is 16.2. The smallest absolute Gasteiger partial charge is 0.259 e. The number of pyridine rings is 1. The van der Waals surface area contributed by atoms with Gasteiger partial charge in [0.15, 0.2) is 6.61 Å². The first-order chi connectivity index (χ1) is 23.5. The molecule has 7 rings (SSSR count). The van der Waals surface area contributed by atoms with E-state index in [1.165, 1.54) is 22.3 Å². The molecule has 2 amide bonds. The first kappa shape index (κ1) is 32.1. The zero-order valence-corrected chi connectivity index (χ0v) is 28.4. The van der Waals surface area contributed by atoms with Gasteiger partial charge in [0.05, 0.1) is 46.4 Å². The van der Waals surface area contributed by atoms with E-state index in [4.69, 9.17) is 14.8 Å². The number of aromatic nitrogens is 5. The minimum atomic E-state index is -0.874. The second kappa shape index (κ2) is 12.2. The van der Waals surface area contributed by atoms with Gasteiger partial charge in [-0.3, -0.25) is 14.3 Å². The molecule has 0 radical (unpaired) electrons. The van der Waals surface area contributed by atoms with Crippen molar-refractivity contribution in [2.24, 2.45) is 7.05 Å². The maximum Gasteiger partial charge on any atom is 0.259 e. The maximum atomic E-state index is 16.2. The van der Waals surface area contributed by atoms with Crippen molar-refractivity contribution in [3.05, 3.63) is 84.2 Å². The van der Waals surface area contributed by atoms with Crippen LogP contribution in [0.1, 0.15) is 31.6 Å². The minimum Gasteiger partial charge on any atom is -0.483 e. The standard InChI is InChI=1S/C36H33F2N7O3S/c1-7-30(46)44-16-19(2)45-28(20(44)3)15-26(41-45)35-33(32-24(38)13-22(37)14-29(32)48-17-31(47)42(4)5)36-23(10-11-49-36)34(40-35)21-8-9-27-25(12-21)39-18-43(27)6/h7-15,18-20H,1,16-17H2,2-6H3/t19-,20+/m0/s1. The normalized spacial score (nSPS) is 15.9. The third kappa shape index (κ3) is 5.43. The van der Waals surface area contributed by atoms with E-state index < -0.39 is 18.2 Å². The van der Waals surface area contributed by atoms with Crippen LogP contribution < -0.4 is 4.74 Å². The lowest BCUT2D eigenvalue weighted by Gasteiger charge is -2.36. The van der Waals surface area contributed by atoms with Gasteiger partial charge in [0.25, 0.3) is 5.91 Å². The average Bonchev–Trinajstić information content (AvgIpc) is 3.83. The molecular weight excluding hydrogens is 649 g/mol. The Bertz CT molecular complexity index is 2310. The van der Waals surface area contributed by atoms with Crippen LogP contribution in [-0.2, 0) is 16.6 Å². The number of imidazole rings is 1. The van der Waals surface area contributed by atoms with Gasteiger partial charge < -0.3 is 19.1 Å². The molecule has 0 unspecified atom stereocenters. The molecule has 0 bridgehead atoms. The Labute approximate surface area is 284 Å². The second-order valence-electron chi connectivity index (χ2n) is 12.4. The molecule has 1 aliphatic rings. The zero-order chi connectivity index (χ0) is 34.7. The quantitative estimate of drug-likeness (QED) is 0.173. The van der Waals surface area contributed by atoms with E-state index in [1.807, 2.05) is 65.9 Å². The number of halogens is 2. The van der Waals surface area contributed by atoms with Crippen LogP contribution in [0.15, 0.2) is 66.8 Å². The molecule has 0 spiro atoms. The van der Waals surface area contributed by atoms with Crippen LogP contribution in [0, 0.1) is 11.6 Å². The summed E-state index contributed by atoms with van der Waals surface area (Å²) < 4.78 is 41.3. The molecule has 1 aliphatic heterocycles. The Balaban J connectivity index is 1.51. The monoisotopic (exact) mass is 681 g/mol. The van der Waals surface area contributed by atoms with E-state index in [0.29, 0.717) is 33.9 Å². The number of nitrogens with zero attached hydrogens (tertiary/aromatic N) is 7. The molecule has 0 N–H and O–H groups in total. The molecule has 0 saturated carbocycles. The van der Waals surface area contributed by atoms with E-state index >= 15 is 4.39 Å². The van der Waals surface area contributed by atoms with Crippen molar-refractivity contribution in [3.8, 4) is 39.5 Å². The van der Waals surface area contributed by atoms with E-state index in [9.17, 15) is 14.0 Å². The van der Waals surface area contributed by atoms with Crippen LogP contribution in [0.5, 0.6) is 5.75 Å². The first-order valence-corrected chi connectivity index (χ1v) is 16.5. The molecule has 2 aromatic carbocycles. The van der Waals surface area contributed by atoms with Gasteiger partial charge in [-0.05, 0) is 49.6 Å². The van der Waals surface area contributed by atoms with Crippen molar-refractivity contribution in [2.45, 2.75) is 25.9 Å². The van der Waals surface area contributed by atoms with Crippen molar-refractivity contribution >= 4 is 44.3 Å². The van der Waals surface area contributed by atoms with Gasteiger partial charge in [0, 0.05) is 61.0 Å². The lowest BCUT2D eigenvalue weighted by atomic mass is 9.96. The van der Waals surface area contributed by atoms with E-state index in [-0.39, 0.29) is 35.2 Å². The molecular formula is C36H33F2N7O3S. The third-order valence-corrected chi connectivity index (χ3v) is 9.90. The highest BCUT2D eigenvalue weighted by molar-refractivity contribution is 7.18. The number of amides is 2. The fourth-order valence-corrected chi connectivity index (χ4v) is 7.34. The molecule has 0 saturated heterocycles. The summed E-state index contributed by atoms with van der Waals surface area (Å²) in [6, 6.07) is 11.0. The van der Waals surface area contributed by atoms with Gasteiger partial charge >= 0.3 is 0 Å². The number of hydrogen-bond acceptors (Lipinski definition) is 7. The molecule has 250 valence electrons. The molecule has 0 fully saturated rings. The number of thiophene rings is 1. The Morgan fingerprint density at radius 2 is 1.90 bits per heavy atom. The van der Waals surface area contributed by atoms with Crippen LogP contribution in [0.25, 0.3) is 54.9 Å². The SMILES string of the molecule is C=CC(=O)N1C[C@H](C)n2nc(-c3nc(-c4ccc5c(c4)ncn5C)c4ccsc4c3-c3c(F)cc(F)cc3OCC(=O)N(C)C)cc2[C@H]1C. The highest BCUT2D eigenvalue weighted by Gasteiger charge is 2.34. The summed E-state index contributed by atoms with van der Waals surface area (Å²) in [6.07, 6.45) is 3.04. The summed E-state index contributed by atoms with van der Waals surface area (Å²) in [6.45, 7) is 7.54. The van der Waals surface area contributed by atoms with E-state index in [0.717, 1.165) is 39.8 Å². The summed E-state index contributed by atoms with van der Waals surface area (Å²) in [5.74, 6) is -2.43. The van der Waals surface area contributed by atoms with Crippen LogP contribution >= 0.6 is 11.3 Å². The fraction of sp³-hybridized carbons (Fsp3) is 0.250. The Morgan fingerprint density at radius 1 is 1.10 bits per heavy atom. The minimum absolute atomic E-state index is 0.0369. The predicted molar refractivity (Wildman–Crippen MR) is 185 cm³/mol. The third-order valence-electron chi connectivity index (χ3n) is 8.96. The van der Waals surface area contributed by atoms with Crippen LogP contribution in [0.2, 0.25) is 0 Å². The van der Waals surface area contributed by atoms with Gasteiger partial charge in [-0.25, -0.2) is 18.7 Å². The molecule has 6 aromatic rings. The Hall–Kier alpha value is -5.43. The van der Waals surface area contributed by atoms with Crippen molar-refractivity contribution in [1.29, 1.82) is 0 Å². The number of fused-ring (bicyclic) bond motifs is 3. The van der Waals surface area contributed by atoms with Gasteiger partial charge in [-0.2, -0.15) is 5.10 Å². The molecule has 5 heterocycles. The van der Waals surface area contributed by atoms with Crippen LogP contribution in [0.3, 0.4) is 0 Å². The van der Waals surface area contributed by atoms with Crippen molar-refractivity contribution in [1.82, 2.24) is 34.1 Å². The lowest BCUT2D eigenvalue weighted by Crippen LogP contribution is -2.42. The van der Waals surface area contributed by atoms with E-state index in [2.05, 4.69) is 11.6 Å². The molecule has 0 aliphatic carbocycles. The summed E-state index contributed by atoms with van der Waals surface area (Å²) in [4.78, 5) is 38.1. The zero-order valence-electron chi connectivity index (χ0n) is 27.6. The molecule has 13 heteroatoms. The topological polar surface area (TPSA) is 98.4 Å². The predicted octanol–water partition coefficient (Wildman–Crippen LogP) is 6.78. The molecule has 2 atom stereocenters. The molecule has 4 aromatic heterocycles. The van der Waals surface area contributed by atoms with Crippen LogP contribution in [-0.4, -0.2) is 73.2 Å². The largest absolute Gasteiger partial charge is 0.483 e. The summed E-state index contributed by atoms with van der Waals surface area (Å²) >= 11 is 1.38. The van der Waals surface area contributed by atoms with E-state index in [1.54, 1.807) is 25.3 Å². The number of benzene rings is 2. The average molecular weight is 682 g/mol. The molecule has 10 nitrogen and oxygen atoms in total. The number of hydrogen-bond donors (Lipinski definition) is 0. The Kier molecular flexibility index (Phi) is 8.02. The number of carbonyl (C=O) groups excluding carboxylic acids is 2. The number of aryl methyl sites for hydroxylation is 1. The fourth-order valence-electron chi connectivity index (χ4n) is 6.39. The summed E-state index contributed by atoms with van der Waals surface area (Å²) in [5.41, 5.74) is 5.02. The summed E-state index contributed by atoms with van der Waals surface area (Å²) in [5, 5.41) is 7.63. The number of ether oxygens (including phenoxy) is 1. The van der Waals surface area contributed by atoms with Gasteiger partial charge in [-0.1, -0.05) is 12.6 Å². The molecule has 49 heavy (non-hydrogen) atoms. The van der Waals surface area contributed by atoms with Gasteiger partial charge in [-0.15, -0.1) is 11.3 Å². The van der Waals surface area contributed by atoms with Gasteiger partial charge in [0.2, 0.25) is 5.91 Å². The highest BCUT2D eigenvalue weighted by atomic mass is 32.1. The van der Waals surface area contributed by atoms with Crippen molar-refractivity contribution < 1.29 is 23.1 Å². The first-order valence-electron chi connectivity index (χ1n) is 15.6. The van der Waals surface area contributed by atoms with Crippen molar-refractivity contribution in [3.63, 3.8) is 0 Å². The number of rotatable bonds is 7. The number of carbonyl (C=O) groups is 2. The highest BCUT2D eigenvalue weighted by Crippen LogP contribution is 2.48. The summed E-state index contributed by atoms with van der Waals surface area (Å²) in [7, 11) is 5.07. The van der Waals surface area contributed by atoms with Crippen molar-refractivity contribution in [2.75, 3.05) is 27.2 Å². The van der Waals surface area contributed by atoms with Gasteiger partial charge in [0.1, 0.15) is 28.8 Å². The Morgan fingerprint density at radius 3 is 2.65 bits per heavy atom. The number of likely N-dealkylation sites (N-methyl/N-ethyl adjacent to an activating group) is 1.